The number of ketones is 1. The quantitative estimate of drug-likeness (QED) is 0.0532. The number of halogens is 1. The van der Waals surface area contributed by atoms with Crippen LogP contribution in [0, 0.1) is 5.82 Å². The van der Waals surface area contributed by atoms with Crippen LogP contribution in [0.5, 0.6) is 0 Å². The molecule has 0 amide bonds. The van der Waals surface area contributed by atoms with E-state index in [1.807, 2.05) is 13.0 Å². The predicted molar refractivity (Wildman–Crippen MR) is 195 cm³/mol. The largest absolute Gasteiger partial charge is 0.377 e. The van der Waals surface area contributed by atoms with Gasteiger partial charge in [0, 0.05) is 12.2 Å². The van der Waals surface area contributed by atoms with Gasteiger partial charge in [-0.3, -0.25) is 4.79 Å². The summed E-state index contributed by atoms with van der Waals surface area (Å²) < 4.78 is 18.9. The highest BCUT2D eigenvalue weighted by Gasteiger charge is 2.02. The minimum atomic E-state index is -0.332. The maximum Gasteiger partial charge on any atom is 0.185 e. The van der Waals surface area contributed by atoms with Gasteiger partial charge in [0.1, 0.15) is 5.82 Å². The minimum Gasteiger partial charge on any atom is -0.377 e. The number of hydrogen-bond acceptors (Lipinski definition) is 2. The summed E-state index contributed by atoms with van der Waals surface area (Å²) in [6.07, 6.45) is 26.0. The highest BCUT2D eigenvalue weighted by atomic mass is 19.1. The van der Waals surface area contributed by atoms with Crippen LogP contribution in [-0.2, 0) is 17.8 Å². The van der Waals surface area contributed by atoms with Crippen LogP contribution in [0.25, 0.3) is 11.6 Å². The topological polar surface area (TPSA) is 26.3 Å². The van der Waals surface area contributed by atoms with Crippen molar-refractivity contribution in [3.8, 4) is 0 Å². The summed E-state index contributed by atoms with van der Waals surface area (Å²) in [6, 6.07) is 22.6. The molecule has 0 fully saturated rings. The highest BCUT2D eigenvalue weighted by Crippen LogP contribution is 2.16. The molecule has 248 valence electrons. The van der Waals surface area contributed by atoms with Crippen molar-refractivity contribution in [2.24, 2.45) is 0 Å². The van der Waals surface area contributed by atoms with E-state index < -0.39 is 0 Å². The van der Waals surface area contributed by atoms with Crippen molar-refractivity contribution >= 4 is 17.4 Å². The highest BCUT2D eigenvalue weighted by molar-refractivity contribution is 6.06. The van der Waals surface area contributed by atoms with Crippen LogP contribution in [-0.4, -0.2) is 12.4 Å². The van der Waals surface area contributed by atoms with Gasteiger partial charge in [0.15, 0.2) is 5.78 Å². The molecule has 0 aliphatic heterocycles. The first kappa shape index (κ1) is 37.2. The van der Waals surface area contributed by atoms with Gasteiger partial charge >= 0.3 is 0 Å². The molecule has 0 aliphatic rings. The first-order valence-corrected chi connectivity index (χ1v) is 17.9. The summed E-state index contributed by atoms with van der Waals surface area (Å²) in [6.45, 7) is 7.60. The standard InChI is InChI=1S/C43H57FO2/c1-36(2)40-27-24-39(25-28-40)35-46-34-18-16-14-12-10-8-6-4-3-5-7-9-11-13-15-17-19-37-20-22-38(23-21-37)26-33-43(45)41-29-31-42(44)32-30-41/h20-33H,1,3-19,34-35H2,2H3/b33-26+. The zero-order chi connectivity index (χ0) is 32.7. The monoisotopic (exact) mass is 624 g/mol. The Hall–Kier alpha value is -3.30. The van der Waals surface area contributed by atoms with Gasteiger partial charge in [0.05, 0.1) is 6.61 Å². The van der Waals surface area contributed by atoms with Crippen molar-refractivity contribution in [3.63, 3.8) is 0 Å². The molecule has 0 saturated carbocycles. The van der Waals surface area contributed by atoms with E-state index >= 15 is 0 Å². The lowest BCUT2D eigenvalue weighted by molar-refractivity contribution is 0.104. The van der Waals surface area contributed by atoms with E-state index in [-0.39, 0.29) is 11.6 Å². The summed E-state index contributed by atoms with van der Waals surface area (Å²) in [4.78, 5) is 12.2. The zero-order valence-corrected chi connectivity index (χ0v) is 28.4. The summed E-state index contributed by atoms with van der Waals surface area (Å²) >= 11 is 0. The lowest BCUT2D eigenvalue weighted by atomic mass is 10.0. The van der Waals surface area contributed by atoms with Crippen LogP contribution in [0.1, 0.15) is 142 Å². The zero-order valence-electron chi connectivity index (χ0n) is 28.4. The van der Waals surface area contributed by atoms with Gasteiger partial charge in [-0.15, -0.1) is 0 Å². The lowest BCUT2D eigenvalue weighted by Crippen LogP contribution is -1.96. The molecular formula is C43H57FO2. The molecule has 0 unspecified atom stereocenters. The average Bonchev–Trinajstić information content (AvgIpc) is 3.07. The van der Waals surface area contributed by atoms with Crippen molar-refractivity contribution in [2.45, 2.75) is 123 Å². The smallest absolute Gasteiger partial charge is 0.185 e. The molecule has 3 rings (SSSR count). The SMILES string of the molecule is C=C(C)c1ccc(COCCCCCCCCCCCCCCCCCCc2ccc(/C=C/C(=O)c3ccc(F)cc3)cc2)cc1. The molecule has 3 heteroatoms. The number of carbonyl (C=O) groups is 1. The normalized spacial score (nSPS) is 11.3. The molecule has 0 atom stereocenters. The van der Waals surface area contributed by atoms with Gasteiger partial charge in [0.2, 0.25) is 0 Å². The Labute approximate surface area is 279 Å². The Morgan fingerprint density at radius 1 is 0.609 bits per heavy atom. The number of aryl methyl sites for hydroxylation is 1. The van der Waals surface area contributed by atoms with Crippen LogP contribution in [0.15, 0.2) is 85.5 Å². The summed E-state index contributed by atoms with van der Waals surface area (Å²) in [7, 11) is 0. The Bertz CT molecular complexity index is 1270. The number of rotatable bonds is 25. The molecule has 0 heterocycles. The molecule has 0 N–H and O–H groups in total. The molecule has 2 nitrogen and oxygen atoms in total. The van der Waals surface area contributed by atoms with Crippen LogP contribution < -0.4 is 0 Å². The number of carbonyl (C=O) groups excluding carboxylic acids is 1. The average molecular weight is 625 g/mol. The van der Waals surface area contributed by atoms with E-state index in [1.165, 1.54) is 144 Å². The number of hydrogen-bond donors (Lipinski definition) is 0. The van der Waals surface area contributed by atoms with E-state index in [1.54, 1.807) is 6.08 Å². The van der Waals surface area contributed by atoms with Crippen molar-refractivity contribution < 1.29 is 13.9 Å². The Morgan fingerprint density at radius 2 is 1.07 bits per heavy atom. The van der Waals surface area contributed by atoms with Crippen LogP contribution >= 0.6 is 0 Å². The molecule has 0 saturated heterocycles. The molecular weight excluding hydrogens is 567 g/mol. The van der Waals surface area contributed by atoms with E-state index in [2.05, 4.69) is 55.1 Å². The molecule has 0 spiro atoms. The Kier molecular flexibility index (Phi) is 18.6. The number of allylic oxidation sites excluding steroid dienone is 2. The van der Waals surface area contributed by atoms with Crippen molar-refractivity contribution in [1.29, 1.82) is 0 Å². The molecule has 0 bridgehead atoms. The van der Waals surface area contributed by atoms with E-state index in [0.29, 0.717) is 12.2 Å². The number of unbranched alkanes of at least 4 members (excludes halogenated alkanes) is 15. The lowest BCUT2D eigenvalue weighted by Gasteiger charge is -2.06. The third-order valence-electron chi connectivity index (χ3n) is 8.76. The maximum atomic E-state index is 13.0. The van der Waals surface area contributed by atoms with Crippen molar-refractivity contribution in [3.05, 3.63) is 119 Å². The molecule has 3 aromatic carbocycles. The van der Waals surface area contributed by atoms with Gasteiger partial charge in [-0.2, -0.15) is 0 Å². The molecule has 0 aliphatic carbocycles. The second-order valence-corrected chi connectivity index (χ2v) is 12.9. The molecule has 3 aromatic rings. The summed E-state index contributed by atoms with van der Waals surface area (Å²) in [5.41, 5.74) is 6.40. The summed E-state index contributed by atoms with van der Waals surface area (Å²) in [5.74, 6) is -0.446. The van der Waals surface area contributed by atoms with E-state index in [0.717, 1.165) is 24.2 Å². The first-order chi connectivity index (χ1) is 22.5. The number of ether oxygens (including phenoxy) is 1. The van der Waals surface area contributed by atoms with Gasteiger partial charge in [-0.1, -0.05) is 157 Å². The molecule has 0 radical (unpaired) electrons. The minimum absolute atomic E-state index is 0.114. The van der Waals surface area contributed by atoms with Gasteiger partial charge < -0.3 is 4.74 Å². The fourth-order valence-electron chi connectivity index (χ4n) is 5.76. The van der Waals surface area contributed by atoms with Gasteiger partial charge in [-0.05, 0) is 78.8 Å². The van der Waals surface area contributed by atoms with Gasteiger partial charge in [-0.25, -0.2) is 4.39 Å². The fourth-order valence-corrected chi connectivity index (χ4v) is 5.76. The third kappa shape index (κ3) is 16.3. The predicted octanol–water partition coefficient (Wildman–Crippen LogP) is 12.8. The number of benzene rings is 3. The van der Waals surface area contributed by atoms with Crippen LogP contribution in [0.4, 0.5) is 4.39 Å². The Balaban J connectivity index is 1.04. The Morgan fingerprint density at radius 3 is 1.59 bits per heavy atom. The van der Waals surface area contributed by atoms with E-state index in [9.17, 15) is 9.18 Å². The second-order valence-electron chi connectivity index (χ2n) is 12.9. The van der Waals surface area contributed by atoms with Crippen LogP contribution in [0.2, 0.25) is 0 Å². The third-order valence-corrected chi connectivity index (χ3v) is 8.76. The summed E-state index contributed by atoms with van der Waals surface area (Å²) in [5, 5.41) is 0. The first-order valence-electron chi connectivity index (χ1n) is 17.9. The van der Waals surface area contributed by atoms with E-state index in [4.69, 9.17) is 4.74 Å². The van der Waals surface area contributed by atoms with Gasteiger partial charge in [0.25, 0.3) is 0 Å². The fraction of sp³-hybridized carbons (Fsp3) is 0.465. The van der Waals surface area contributed by atoms with Crippen molar-refractivity contribution in [2.75, 3.05) is 6.61 Å². The van der Waals surface area contributed by atoms with Crippen LogP contribution in [0.3, 0.4) is 0 Å². The van der Waals surface area contributed by atoms with Crippen molar-refractivity contribution in [1.82, 2.24) is 0 Å². The molecule has 0 aromatic heterocycles. The maximum absolute atomic E-state index is 13.0. The molecule has 46 heavy (non-hydrogen) atoms. The second kappa shape index (κ2) is 23.1.